The number of carbonyl (C=O) groups is 2. The Hall–Kier alpha value is -2.66. The summed E-state index contributed by atoms with van der Waals surface area (Å²) in [6.45, 7) is 12.3. The Kier molecular flexibility index (Phi) is 7.50. The van der Waals surface area contributed by atoms with Gasteiger partial charge in [0.1, 0.15) is 0 Å². The van der Waals surface area contributed by atoms with E-state index in [0.717, 1.165) is 53.5 Å². The van der Waals surface area contributed by atoms with Crippen LogP contribution in [0.3, 0.4) is 0 Å². The minimum atomic E-state index is -0.425. The molecule has 1 aliphatic carbocycles. The summed E-state index contributed by atoms with van der Waals surface area (Å²) in [5, 5.41) is 2.87. The van der Waals surface area contributed by atoms with Gasteiger partial charge < -0.3 is 14.8 Å². The van der Waals surface area contributed by atoms with Crippen LogP contribution in [-0.4, -0.2) is 31.7 Å². The molecule has 3 rings (SSSR count). The van der Waals surface area contributed by atoms with Gasteiger partial charge in [0, 0.05) is 12.1 Å². The van der Waals surface area contributed by atoms with Crippen molar-refractivity contribution < 1.29 is 19.1 Å². The minimum absolute atomic E-state index is 0.0252. The number of nitrogens with one attached hydrogen (secondary N) is 1. The van der Waals surface area contributed by atoms with Gasteiger partial charge in [-0.1, -0.05) is 44.7 Å². The Morgan fingerprint density at radius 2 is 2.03 bits per heavy atom. The number of fused-ring (bicyclic) bond motifs is 1. The van der Waals surface area contributed by atoms with Crippen LogP contribution in [-0.2, 0) is 20.8 Å². The maximum absolute atomic E-state index is 12.2. The summed E-state index contributed by atoms with van der Waals surface area (Å²) in [4.78, 5) is 24.1. The lowest BCUT2D eigenvalue weighted by atomic mass is 9.96. The van der Waals surface area contributed by atoms with Gasteiger partial charge in [-0.2, -0.15) is 0 Å². The molecule has 1 aromatic rings. The molecule has 1 fully saturated rings. The van der Waals surface area contributed by atoms with Crippen LogP contribution < -0.4 is 5.32 Å². The molecular formula is C26H33NO4. The summed E-state index contributed by atoms with van der Waals surface area (Å²) in [6, 6.07) is 5.75. The number of hydrogen-bond donors (Lipinski definition) is 1. The lowest BCUT2D eigenvalue weighted by molar-refractivity contribution is -0.152. The smallest absolute Gasteiger partial charge is 0.314 e. The number of benzene rings is 1. The highest BCUT2D eigenvalue weighted by Gasteiger charge is 2.51. The van der Waals surface area contributed by atoms with Crippen molar-refractivity contribution in [2.45, 2.75) is 53.0 Å². The maximum Gasteiger partial charge on any atom is 0.314 e. The molecule has 1 aliphatic heterocycles. The van der Waals surface area contributed by atoms with E-state index in [1.807, 2.05) is 31.2 Å². The SMILES string of the molecule is C=C(/C=C\C(CC)=C(\C)COCC1(C(=O)OCCC)CC1)c1cccc2c1CNC2=O. The third kappa shape index (κ3) is 5.34. The number of rotatable bonds is 11. The molecule has 0 saturated heterocycles. The first-order valence-corrected chi connectivity index (χ1v) is 11.1. The fourth-order valence-electron chi connectivity index (χ4n) is 3.81. The van der Waals surface area contributed by atoms with Gasteiger partial charge in [-0.05, 0) is 66.5 Å². The van der Waals surface area contributed by atoms with E-state index in [9.17, 15) is 9.59 Å². The Morgan fingerprint density at radius 1 is 1.26 bits per heavy atom. The number of amides is 1. The van der Waals surface area contributed by atoms with Gasteiger partial charge in [0.15, 0.2) is 0 Å². The molecule has 5 heteroatoms. The minimum Gasteiger partial charge on any atom is -0.465 e. The largest absolute Gasteiger partial charge is 0.465 e. The second-order valence-electron chi connectivity index (χ2n) is 8.44. The number of allylic oxidation sites excluding steroid dienone is 4. The average Bonchev–Trinajstić information content (AvgIpc) is 3.47. The molecule has 5 nitrogen and oxygen atoms in total. The van der Waals surface area contributed by atoms with E-state index in [1.54, 1.807) is 0 Å². The molecule has 0 radical (unpaired) electrons. The molecule has 1 saturated carbocycles. The maximum atomic E-state index is 12.2. The molecule has 0 bridgehead atoms. The van der Waals surface area contributed by atoms with Gasteiger partial charge in [0.05, 0.1) is 25.2 Å². The van der Waals surface area contributed by atoms with E-state index in [2.05, 4.69) is 31.8 Å². The van der Waals surface area contributed by atoms with Crippen molar-refractivity contribution in [1.29, 1.82) is 0 Å². The molecule has 0 atom stereocenters. The topological polar surface area (TPSA) is 64.6 Å². The fraction of sp³-hybridized carbons (Fsp3) is 0.462. The summed E-state index contributed by atoms with van der Waals surface area (Å²) in [5.74, 6) is -0.144. The molecule has 1 amide bonds. The van der Waals surface area contributed by atoms with Gasteiger partial charge in [-0.25, -0.2) is 0 Å². The number of carbonyl (C=O) groups excluding carboxylic acids is 2. The Morgan fingerprint density at radius 3 is 2.71 bits per heavy atom. The van der Waals surface area contributed by atoms with Crippen molar-refractivity contribution in [2.24, 2.45) is 5.41 Å². The molecule has 0 aromatic heterocycles. The van der Waals surface area contributed by atoms with Crippen molar-refractivity contribution in [3.05, 3.63) is 64.8 Å². The van der Waals surface area contributed by atoms with Crippen LogP contribution in [0.4, 0.5) is 0 Å². The summed E-state index contributed by atoms with van der Waals surface area (Å²) >= 11 is 0. The molecule has 0 unspecified atom stereocenters. The van der Waals surface area contributed by atoms with Crippen LogP contribution in [0.1, 0.15) is 67.9 Å². The van der Waals surface area contributed by atoms with E-state index < -0.39 is 5.41 Å². The zero-order valence-corrected chi connectivity index (χ0v) is 18.9. The normalized spacial score (nSPS) is 17.2. The van der Waals surface area contributed by atoms with E-state index in [1.165, 1.54) is 5.57 Å². The van der Waals surface area contributed by atoms with E-state index in [4.69, 9.17) is 9.47 Å². The van der Waals surface area contributed by atoms with Gasteiger partial charge in [-0.15, -0.1) is 0 Å². The predicted octanol–water partition coefficient (Wildman–Crippen LogP) is 4.98. The molecular weight excluding hydrogens is 390 g/mol. The van der Waals surface area contributed by atoms with Crippen LogP contribution in [0.25, 0.3) is 5.57 Å². The van der Waals surface area contributed by atoms with Gasteiger partial charge in [0.25, 0.3) is 5.91 Å². The lowest BCUT2D eigenvalue weighted by Crippen LogP contribution is -2.25. The van der Waals surface area contributed by atoms with Crippen molar-refractivity contribution in [3.8, 4) is 0 Å². The van der Waals surface area contributed by atoms with Crippen LogP contribution in [0.15, 0.2) is 48.1 Å². The number of hydrogen-bond acceptors (Lipinski definition) is 4. The molecule has 166 valence electrons. The first-order chi connectivity index (χ1) is 14.9. The highest BCUT2D eigenvalue weighted by molar-refractivity contribution is 6.00. The summed E-state index contributed by atoms with van der Waals surface area (Å²) < 4.78 is 11.2. The second kappa shape index (κ2) is 10.1. The number of ether oxygens (including phenoxy) is 2. The van der Waals surface area contributed by atoms with E-state index in [0.29, 0.717) is 26.4 Å². The monoisotopic (exact) mass is 423 g/mol. The van der Waals surface area contributed by atoms with Gasteiger partial charge >= 0.3 is 5.97 Å². The predicted molar refractivity (Wildman–Crippen MR) is 123 cm³/mol. The van der Waals surface area contributed by atoms with Crippen molar-refractivity contribution in [1.82, 2.24) is 5.32 Å². The molecule has 31 heavy (non-hydrogen) atoms. The van der Waals surface area contributed by atoms with Gasteiger partial charge in [-0.3, -0.25) is 9.59 Å². The summed E-state index contributed by atoms with van der Waals surface area (Å²) in [5.41, 5.74) is 5.51. The van der Waals surface area contributed by atoms with E-state index in [-0.39, 0.29) is 11.9 Å². The zero-order chi connectivity index (χ0) is 22.4. The standard InChI is InChI=1S/C26H33NO4/c1-5-14-31-25(29)26(12-13-26)17-30-16-19(4)20(6-2)11-10-18(3)21-8-7-9-22-23(21)15-27-24(22)28/h7-11H,3,5-6,12-17H2,1-2,4H3,(H,27,28)/b11-10-,20-19-. The molecule has 0 spiro atoms. The van der Waals surface area contributed by atoms with Crippen LogP contribution >= 0.6 is 0 Å². The lowest BCUT2D eigenvalue weighted by Gasteiger charge is -2.15. The zero-order valence-electron chi connectivity index (χ0n) is 18.9. The third-order valence-corrected chi connectivity index (χ3v) is 6.03. The molecule has 1 heterocycles. The van der Waals surface area contributed by atoms with E-state index >= 15 is 0 Å². The Bertz CT molecular complexity index is 921. The Balaban J connectivity index is 1.60. The molecule has 1 aromatic carbocycles. The third-order valence-electron chi connectivity index (χ3n) is 6.03. The first-order valence-electron chi connectivity index (χ1n) is 11.1. The number of esters is 1. The average molecular weight is 424 g/mol. The summed E-state index contributed by atoms with van der Waals surface area (Å²) in [7, 11) is 0. The first kappa shape index (κ1) is 23.0. The Labute approximate surface area is 185 Å². The van der Waals surface area contributed by atoms with Crippen LogP contribution in [0.5, 0.6) is 0 Å². The van der Waals surface area contributed by atoms with Crippen molar-refractivity contribution in [3.63, 3.8) is 0 Å². The highest BCUT2D eigenvalue weighted by atomic mass is 16.5. The van der Waals surface area contributed by atoms with Gasteiger partial charge in [0.2, 0.25) is 0 Å². The quantitative estimate of drug-likeness (QED) is 0.403. The van der Waals surface area contributed by atoms with Crippen molar-refractivity contribution in [2.75, 3.05) is 19.8 Å². The molecule has 1 N–H and O–H groups in total. The highest BCUT2D eigenvalue weighted by Crippen LogP contribution is 2.47. The summed E-state index contributed by atoms with van der Waals surface area (Å²) in [6.07, 6.45) is 7.48. The molecule has 2 aliphatic rings. The van der Waals surface area contributed by atoms with Crippen LogP contribution in [0, 0.1) is 5.41 Å². The fourth-order valence-corrected chi connectivity index (χ4v) is 3.81. The van der Waals surface area contributed by atoms with Crippen molar-refractivity contribution >= 4 is 17.4 Å². The van der Waals surface area contributed by atoms with Crippen LogP contribution in [0.2, 0.25) is 0 Å². The second-order valence-corrected chi connectivity index (χ2v) is 8.44.